The predicted molar refractivity (Wildman–Crippen MR) is 200 cm³/mol. The number of fused-ring (bicyclic) bond motifs is 3. The van der Waals surface area contributed by atoms with Crippen LogP contribution in [0.1, 0.15) is 6.85 Å². The van der Waals surface area contributed by atoms with Gasteiger partial charge in [-0.25, -0.2) is 15.0 Å². The van der Waals surface area contributed by atoms with E-state index >= 15 is 0 Å². The fourth-order valence-corrected chi connectivity index (χ4v) is 6.30. The number of nitrogens with zero attached hydrogens (tertiary/aromatic N) is 3. The van der Waals surface area contributed by atoms with Crippen molar-refractivity contribution in [3.63, 3.8) is 0 Å². The second-order valence-electron chi connectivity index (χ2n) is 11.7. The lowest BCUT2D eigenvalue weighted by Gasteiger charge is -2.10. The van der Waals surface area contributed by atoms with Crippen molar-refractivity contribution in [1.29, 1.82) is 0 Å². The molecule has 230 valence electrons. The summed E-state index contributed by atoms with van der Waals surface area (Å²) in [5.74, 6) is 0.547. The van der Waals surface area contributed by atoms with Gasteiger partial charge in [-0.2, -0.15) is 0 Å². The quantitative estimate of drug-likeness (QED) is 0.183. The molecule has 0 saturated carbocycles. The van der Waals surface area contributed by atoms with Crippen LogP contribution in [0.4, 0.5) is 0 Å². The lowest BCUT2D eigenvalue weighted by atomic mass is 9.97. The van der Waals surface area contributed by atoms with E-state index in [2.05, 4.69) is 30.3 Å². The fourth-order valence-electron chi connectivity index (χ4n) is 6.30. The maximum absolute atomic E-state index is 8.75. The third kappa shape index (κ3) is 5.35. The van der Waals surface area contributed by atoms with Crippen LogP contribution in [0.15, 0.2) is 180 Å². The van der Waals surface area contributed by atoms with Gasteiger partial charge in [0, 0.05) is 33.0 Å². The summed E-state index contributed by atoms with van der Waals surface area (Å²) in [6.45, 7) is 0. The first-order valence-corrected chi connectivity index (χ1v) is 16.0. The standard InChI is InChI=1S/C45H29N3O/c1-4-13-30(14-5-1)32-25-27-34(28-26-32)44-46-43(33-17-8-3-9-18-33)47-45(48-44)39-23-12-24-40-41(39)38-22-11-21-37(42(38)49-40)36-20-10-19-35(29-36)31-15-6-2-7-16-31/h1-29H/i3D,8D,9D,17D,18D. The number of benzene rings is 7. The zero-order chi connectivity index (χ0) is 36.9. The van der Waals surface area contributed by atoms with Crippen LogP contribution in [0.5, 0.6) is 0 Å². The van der Waals surface area contributed by atoms with Crippen LogP contribution >= 0.6 is 0 Å². The summed E-state index contributed by atoms with van der Waals surface area (Å²) < 4.78 is 49.0. The Hall–Kier alpha value is -6.65. The van der Waals surface area contributed by atoms with Crippen molar-refractivity contribution in [1.82, 2.24) is 15.0 Å². The summed E-state index contributed by atoms with van der Waals surface area (Å²) in [6.07, 6.45) is 0. The molecule has 0 aliphatic rings. The molecule has 0 radical (unpaired) electrons. The number of hydrogen-bond acceptors (Lipinski definition) is 4. The summed E-state index contributed by atoms with van der Waals surface area (Å²) in [5.41, 5.74) is 8.80. The van der Waals surface area contributed by atoms with Gasteiger partial charge in [0.2, 0.25) is 0 Å². The summed E-state index contributed by atoms with van der Waals surface area (Å²) in [5, 5.41) is 1.65. The summed E-state index contributed by atoms with van der Waals surface area (Å²) in [6, 6.07) is 46.0. The maximum Gasteiger partial charge on any atom is 0.164 e. The van der Waals surface area contributed by atoms with Crippen molar-refractivity contribution in [2.45, 2.75) is 0 Å². The lowest BCUT2D eigenvalue weighted by molar-refractivity contribution is 0.670. The molecule has 0 N–H and O–H groups in total. The molecular weight excluding hydrogens is 599 g/mol. The molecule has 0 spiro atoms. The number of para-hydroxylation sites is 1. The van der Waals surface area contributed by atoms with Crippen molar-refractivity contribution in [3.8, 4) is 67.5 Å². The van der Waals surface area contributed by atoms with E-state index in [-0.39, 0.29) is 17.2 Å². The molecule has 0 aliphatic heterocycles. The van der Waals surface area contributed by atoms with Gasteiger partial charge in [0.05, 0.1) is 6.85 Å². The van der Waals surface area contributed by atoms with Crippen molar-refractivity contribution in [3.05, 3.63) is 176 Å². The number of aromatic nitrogens is 3. The molecule has 4 heteroatoms. The van der Waals surface area contributed by atoms with Gasteiger partial charge in [-0.05, 0) is 39.9 Å². The van der Waals surface area contributed by atoms with Crippen LogP contribution < -0.4 is 0 Å². The molecule has 0 unspecified atom stereocenters. The predicted octanol–water partition coefficient (Wildman–Crippen LogP) is 11.8. The van der Waals surface area contributed by atoms with E-state index in [1.54, 1.807) is 0 Å². The van der Waals surface area contributed by atoms with E-state index in [1.165, 1.54) is 0 Å². The third-order valence-corrected chi connectivity index (χ3v) is 8.65. The molecular formula is C45H29N3O. The molecule has 9 aromatic rings. The molecule has 7 aromatic carbocycles. The normalized spacial score (nSPS) is 12.7. The molecule has 0 bridgehead atoms. The second-order valence-corrected chi connectivity index (χ2v) is 11.7. The van der Waals surface area contributed by atoms with Crippen LogP contribution in [0.25, 0.3) is 89.5 Å². The van der Waals surface area contributed by atoms with Crippen molar-refractivity contribution >= 4 is 21.9 Å². The minimum absolute atomic E-state index is 0.0256. The molecule has 0 atom stereocenters. The van der Waals surface area contributed by atoms with Gasteiger partial charge >= 0.3 is 0 Å². The molecule has 0 aliphatic carbocycles. The van der Waals surface area contributed by atoms with Crippen LogP contribution in [-0.2, 0) is 0 Å². The minimum Gasteiger partial charge on any atom is -0.455 e. The van der Waals surface area contributed by atoms with Gasteiger partial charge < -0.3 is 4.42 Å². The second kappa shape index (κ2) is 12.2. The molecule has 9 rings (SSSR count). The first kappa shape index (κ1) is 23.6. The molecule has 49 heavy (non-hydrogen) atoms. The largest absolute Gasteiger partial charge is 0.455 e. The average molecular weight is 633 g/mol. The smallest absolute Gasteiger partial charge is 0.164 e. The fraction of sp³-hybridized carbons (Fsp3) is 0. The molecule has 0 fully saturated rings. The Kier molecular flexibility index (Phi) is 5.87. The number of hydrogen-bond donors (Lipinski definition) is 0. The number of rotatable bonds is 6. The van der Waals surface area contributed by atoms with Crippen LogP contribution in [0.2, 0.25) is 0 Å². The van der Waals surface area contributed by atoms with Crippen molar-refractivity contribution < 1.29 is 11.3 Å². The maximum atomic E-state index is 8.75. The highest BCUT2D eigenvalue weighted by Crippen LogP contribution is 2.41. The Morgan fingerprint density at radius 3 is 1.71 bits per heavy atom. The Bertz CT molecular complexity index is 2850. The summed E-state index contributed by atoms with van der Waals surface area (Å²) >= 11 is 0. The third-order valence-electron chi connectivity index (χ3n) is 8.65. The minimum atomic E-state index is -0.487. The van der Waals surface area contributed by atoms with Crippen LogP contribution in [0.3, 0.4) is 0 Å². The van der Waals surface area contributed by atoms with Gasteiger partial charge in [0.25, 0.3) is 0 Å². The van der Waals surface area contributed by atoms with Gasteiger partial charge in [0.15, 0.2) is 17.5 Å². The monoisotopic (exact) mass is 632 g/mol. The summed E-state index contributed by atoms with van der Waals surface area (Å²) in [4.78, 5) is 14.5. The first-order valence-electron chi connectivity index (χ1n) is 18.5. The van der Waals surface area contributed by atoms with Gasteiger partial charge in [-0.15, -0.1) is 0 Å². The molecule has 0 amide bonds. The Balaban J connectivity index is 1.25. The van der Waals surface area contributed by atoms with E-state index in [4.69, 9.17) is 26.2 Å². The van der Waals surface area contributed by atoms with E-state index in [9.17, 15) is 0 Å². The average Bonchev–Trinajstić information content (AvgIpc) is 3.62. The van der Waals surface area contributed by atoms with Crippen LogP contribution in [0, 0.1) is 0 Å². The highest BCUT2D eigenvalue weighted by Gasteiger charge is 2.19. The Labute approximate surface area is 291 Å². The Morgan fingerprint density at radius 2 is 0.959 bits per heavy atom. The first-order chi connectivity index (χ1) is 26.4. The summed E-state index contributed by atoms with van der Waals surface area (Å²) in [7, 11) is 0. The molecule has 2 heterocycles. The van der Waals surface area contributed by atoms with E-state index < -0.39 is 30.2 Å². The zero-order valence-corrected chi connectivity index (χ0v) is 26.1. The molecule has 0 saturated heterocycles. The van der Waals surface area contributed by atoms with Gasteiger partial charge in [0.1, 0.15) is 11.2 Å². The van der Waals surface area contributed by atoms with E-state index in [1.807, 2.05) is 115 Å². The van der Waals surface area contributed by atoms with E-state index in [0.29, 0.717) is 28.1 Å². The zero-order valence-electron chi connectivity index (χ0n) is 31.1. The Morgan fingerprint density at radius 1 is 0.408 bits per heavy atom. The van der Waals surface area contributed by atoms with Crippen molar-refractivity contribution in [2.75, 3.05) is 0 Å². The van der Waals surface area contributed by atoms with Gasteiger partial charge in [-0.1, -0.05) is 164 Å². The lowest BCUT2D eigenvalue weighted by Crippen LogP contribution is -2.00. The number of furan rings is 1. The topological polar surface area (TPSA) is 51.8 Å². The molecule has 2 aromatic heterocycles. The highest BCUT2D eigenvalue weighted by molar-refractivity contribution is 6.15. The van der Waals surface area contributed by atoms with Crippen molar-refractivity contribution in [2.24, 2.45) is 0 Å². The molecule has 4 nitrogen and oxygen atoms in total. The SMILES string of the molecule is [2H]c1c([2H])c([2H])c(-c2nc(-c3ccc(-c4ccccc4)cc3)nc(-c3cccc4oc5c(-c6cccc(-c7ccccc7)c6)cccc5c34)n2)c([2H])c1[2H]. The van der Waals surface area contributed by atoms with Gasteiger partial charge in [-0.3, -0.25) is 0 Å². The van der Waals surface area contributed by atoms with Crippen LogP contribution in [-0.4, -0.2) is 15.0 Å². The highest BCUT2D eigenvalue weighted by atomic mass is 16.3. The van der Waals surface area contributed by atoms with E-state index in [0.717, 1.165) is 44.2 Å².